The number of carboxylic acids is 1. The van der Waals surface area contributed by atoms with Crippen LogP contribution >= 0.6 is 23.5 Å². The van der Waals surface area contributed by atoms with Gasteiger partial charge in [-0.3, -0.25) is 0 Å². The number of carbonyl (C=O) groups is 1. The van der Waals surface area contributed by atoms with Crippen LogP contribution in [-0.2, 0) is 4.79 Å². The average molecular weight is 303 g/mol. The van der Waals surface area contributed by atoms with Crippen LogP contribution < -0.4 is 0 Å². The maximum Gasteiger partial charge on any atom is 0.358 e. The van der Waals surface area contributed by atoms with Crippen LogP contribution in [0.5, 0.6) is 0 Å². The summed E-state index contributed by atoms with van der Waals surface area (Å²) in [5.41, 5.74) is 0.0449. The van der Waals surface area contributed by atoms with Gasteiger partial charge in [-0.2, -0.15) is 0 Å². The van der Waals surface area contributed by atoms with Crippen LogP contribution in [-0.4, -0.2) is 22.0 Å². The molecule has 100 valence electrons. The number of rotatable bonds is 2. The van der Waals surface area contributed by atoms with Crippen molar-refractivity contribution < 1.29 is 15.1 Å². The summed E-state index contributed by atoms with van der Waals surface area (Å²) < 4.78 is 0. The predicted octanol–water partition coefficient (Wildman–Crippen LogP) is 3.57. The van der Waals surface area contributed by atoms with Crippen LogP contribution in [0, 0.1) is 0 Å². The molecule has 0 saturated carbocycles. The summed E-state index contributed by atoms with van der Waals surface area (Å²) in [5, 5.41) is 20.6. The molecule has 1 heterocycles. The van der Waals surface area contributed by atoms with Crippen LogP contribution in [0.1, 0.15) is 5.56 Å². The van der Waals surface area contributed by atoms with Crippen molar-refractivity contribution >= 4 is 35.2 Å². The number of aliphatic carboxylic acids is 1. The molecule has 2 aromatic rings. The monoisotopic (exact) mass is 303 g/mol. The Morgan fingerprint density at radius 3 is 2.15 bits per heavy atom. The summed E-state index contributed by atoms with van der Waals surface area (Å²) in [5.74, 6) is -1.25. The molecule has 1 aliphatic heterocycles. The zero-order valence-corrected chi connectivity index (χ0v) is 11.7. The van der Waals surface area contributed by atoms with Crippen molar-refractivity contribution in [3.63, 3.8) is 0 Å². The van der Waals surface area contributed by atoms with Gasteiger partial charge in [-0.25, -0.2) is 4.79 Å². The first kappa shape index (κ1) is 13.1. The summed E-state index contributed by atoms with van der Waals surface area (Å²) in [6.07, 6.45) is 0. The maximum absolute atomic E-state index is 11.0. The second kappa shape index (κ2) is 5.22. The lowest BCUT2D eigenvalue weighted by Gasteiger charge is -2.18. The normalized spacial score (nSPS) is 13.5. The Kier molecular flexibility index (Phi) is 3.42. The van der Waals surface area contributed by atoms with E-state index in [1.54, 1.807) is 35.7 Å². The fourth-order valence-electron chi connectivity index (χ4n) is 1.90. The molecule has 0 fully saturated rings. The standard InChI is InChI=1S/C14H9NO3S2/c16-14(17)13(15-18)8-5-6-11-12(7-8)20-10-4-2-1-3-9(10)19-11/h1-7,18H,(H,16,17)/b15-13-. The van der Waals surface area contributed by atoms with Gasteiger partial charge in [0.2, 0.25) is 0 Å². The minimum Gasteiger partial charge on any atom is -0.476 e. The van der Waals surface area contributed by atoms with Crippen molar-refractivity contribution in [2.75, 3.05) is 0 Å². The Hall–Kier alpha value is -1.92. The van der Waals surface area contributed by atoms with Gasteiger partial charge in [-0.15, -0.1) is 0 Å². The van der Waals surface area contributed by atoms with Crippen LogP contribution in [0.25, 0.3) is 0 Å². The molecule has 0 saturated heterocycles. The highest BCUT2D eigenvalue weighted by Gasteiger charge is 2.20. The molecule has 0 aromatic heterocycles. The van der Waals surface area contributed by atoms with E-state index in [4.69, 9.17) is 10.3 Å². The van der Waals surface area contributed by atoms with E-state index >= 15 is 0 Å². The molecule has 0 bridgehead atoms. The first-order valence-corrected chi connectivity index (χ1v) is 7.37. The van der Waals surface area contributed by atoms with Crippen molar-refractivity contribution in [2.45, 2.75) is 19.6 Å². The van der Waals surface area contributed by atoms with Crippen molar-refractivity contribution in [3.8, 4) is 0 Å². The summed E-state index contributed by atoms with van der Waals surface area (Å²) in [7, 11) is 0. The molecule has 0 atom stereocenters. The molecule has 1 aliphatic rings. The number of hydrogen-bond donors (Lipinski definition) is 2. The number of benzene rings is 2. The van der Waals surface area contributed by atoms with Gasteiger partial charge in [0.25, 0.3) is 0 Å². The number of hydrogen-bond acceptors (Lipinski definition) is 5. The largest absolute Gasteiger partial charge is 0.476 e. The maximum atomic E-state index is 11.0. The Labute approximate surface area is 123 Å². The number of nitrogens with zero attached hydrogens (tertiary/aromatic N) is 1. The zero-order valence-electron chi connectivity index (χ0n) is 10.1. The molecule has 0 spiro atoms. The second-order valence-electron chi connectivity index (χ2n) is 4.07. The minimum absolute atomic E-state index is 0.350. The van der Waals surface area contributed by atoms with Gasteiger partial charge in [0.05, 0.1) is 0 Å². The lowest BCUT2D eigenvalue weighted by molar-refractivity contribution is -0.129. The van der Waals surface area contributed by atoms with Gasteiger partial charge in [-0.1, -0.05) is 46.9 Å². The highest BCUT2D eigenvalue weighted by molar-refractivity contribution is 8.05. The van der Waals surface area contributed by atoms with E-state index in [1.165, 1.54) is 4.90 Å². The molecule has 3 rings (SSSR count). The molecule has 2 aromatic carbocycles. The van der Waals surface area contributed by atoms with Crippen LogP contribution in [0.15, 0.2) is 67.2 Å². The molecule has 2 N–H and O–H groups in total. The third-order valence-electron chi connectivity index (χ3n) is 2.81. The van der Waals surface area contributed by atoms with E-state index in [-0.39, 0.29) is 5.71 Å². The van der Waals surface area contributed by atoms with Gasteiger partial charge in [0.15, 0.2) is 5.71 Å². The van der Waals surface area contributed by atoms with Gasteiger partial charge in [-0.05, 0) is 24.3 Å². The first-order valence-electron chi connectivity index (χ1n) is 5.73. The fraction of sp³-hybridized carbons (Fsp3) is 0. The van der Waals surface area contributed by atoms with Gasteiger partial charge in [0, 0.05) is 25.1 Å². The van der Waals surface area contributed by atoms with Crippen molar-refractivity contribution in [3.05, 3.63) is 48.0 Å². The van der Waals surface area contributed by atoms with E-state index < -0.39 is 5.97 Å². The summed E-state index contributed by atoms with van der Waals surface area (Å²) in [4.78, 5) is 15.4. The first-order chi connectivity index (χ1) is 9.69. The van der Waals surface area contributed by atoms with Crippen LogP contribution in [0.2, 0.25) is 0 Å². The molecule has 0 aliphatic carbocycles. The van der Waals surface area contributed by atoms with Crippen molar-refractivity contribution in [1.29, 1.82) is 0 Å². The lowest BCUT2D eigenvalue weighted by Crippen LogP contribution is -2.14. The molecule has 4 nitrogen and oxygen atoms in total. The van der Waals surface area contributed by atoms with E-state index in [2.05, 4.69) is 11.2 Å². The second-order valence-corrected chi connectivity index (χ2v) is 6.23. The van der Waals surface area contributed by atoms with Crippen LogP contribution in [0.3, 0.4) is 0 Å². The highest BCUT2D eigenvalue weighted by Crippen LogP contribution is 2.48. The molecule has 20 heavy (non-hydrogen) atoms. The predicted molar refractivity (Wildman–Crippen MR) is 77.1 cm³/mol. The summed E-state index contributed by atoms with van der Waals surface area (Å²) in [6, 6.07) is 13.3. The van der Waals surface area contributed by atoms with E-state index in [0.717, 1.165) is 14.7 Å². The topological polar surface area (TPSA) is 69.9 Å². The zero-order chi connectivity index (χ0) is 14.1. The highest BCUT2D eigenvalue weighted by atomic mass is 32.2. The Balaban J connectivity index is 2.02. The Morgan fingerprint density at radius 1 is 0.950 bits per heavy atom. The smallest absolute Gasteiger partial charge is 0.358 e. The SMILES string of the molecule is O=C(O)/C(=N\O)c1ccc2c(c1)Sc1ccccc1S2. The molecular weight excluding hydrogens is 294 g/mol. The van der Waals surface area contributed by atoms with E-state index in [1.807, 2.05) is 24.3 Å². The number of oxime groups is 1. The van der Waals surface area contributed by atoms with Crippen molar-refractivity contribution in [1.82, 2.24) is 0 Å². The average Bonchev–Trinajstić information content (AvgIpc) is 2.45. The third-order valence-corrected chi connectivity index (χ3v) is 5.35. The molecule has 0 amide bonds. The van der Waals surface area contributed by atoms with Gasteiger partial charge in [0.1, 0.15) is 0 Å². The van der Waals surface area contributed by atoms with E-state index in [9.17, 15) is 4.79 Å². The molecule has 0 radical (unpaired) electrons. The van der Waals surface area contributed by atoms with Gasteiger partial charge < -0.3 is 10.3 Å². The fourth-order valence-corrected chi connectivity index (χ4v) is 4.15. The van der Waals surface area contributed by atoms with Crippen molar-refractivity contribution in [2.24, 2.45) is 5.16 Å². The molecule has 0 unspecified atom stereocenters. The Bertz CT molecular complexity index is 728. The molecule has 6 heteroatoms. The quantitative estimate of drug-likeness (QED) is 0.430. The lowest BCUT2D eigenvalue weighted by atomic mass is 10.1. The van der Waals surface area contributed by atoms with Gasteiger partial charge >= 0.3 is 5.97 Å². The molecular formula is C14H9NO3S2. The Morgan fingerprint density at radius 2 is 1.55 bits per heavy atom. The van der Waals surface area contributed by atoms with E-state index in [0.29, 0.717) is 5.56 Å². The van der Waals surface area contributed by atoms with Crippen LogP contribution in [0.4, 0.5) is 0 Å². The third kappa shape index (κ3) is 2.28. The minimum atomic E-state index is -1.25. The number of fused-ring (bicyclic) bond motifs is 2. The summed E-state index contributed by atoms with van der Waals surface area (Å²) in [6.45, 7) is 0. The summed E-state index contributed by atoms with van der Waals surface area (Å²) >= 11 is 3.23. The number of carboxylic acid groups (broad SMARTS) is 1.